The van der Waals surface area contributed by atoms with Gasteiger partial charge < -0.3 is 19.5 Å². The van der Waals surface area contributed by atoms with Gasteiger partial charge in [0.15, 0.2) is 0 Å². The summed E-state index contributed by atoms with van der Waals surface area (Å²) in [6.07, 6.45) is 6.73. The molecule has 128 valence electrons. The predicted molar refractivity (Wildman–Crippen MR) is 91.0 cm³/mol. The van der Waals surface area contributed by atoms with Crippen LogP contribution in [-0.4, -0.2) is 47.2 Å². The van der Waals surface area contributed by atoms with Gasteiger partial charge >= 0.3 is 0 Å². The van der Waals surface area contributed by atoms with Gasteiger partial charge in [-0.05, 0) is 25.0 Å². The van der Waals surface area contributed by atoms with Crippen LogP contribution in [0.25, 0.3) is 0 Å². The molecule has 1 N–H and O–H groups in total. The number of hydrogen-bond donors (Lipinski definition) is 1. The van der Waals surface area contributed by atoms with Crippen LogP contribution < -0.4 is 10.2 Å². The Hall–Kier alpha value is -2.41. The topological polar surface area (TPSA) is 72.3 Å². The highest BCUT2D eigenvalue weighted by atomic mass is 16.5. The molecule has 0 saturated carbocycles. The third-order valence-electron chi connectivity index (χ3n) is 4.30. The number of aromatic nitrogens is 3. The first-order valence-corrected chi connectivity index (χ1v) is 8.06. The van der Waals surface area contributed by atoms with Crippen molar-refractivity contribution < 1.29 is 9.53 Å². The van der Waals surface area contributed by atoms with Crippen LogP contribution in [0.3, 0.4) is 0 Å². The maximum absolute atomic E-state index is 12.5. The molecule has 1 amide bonds. The SMILES string of the molecule is CN(C)c1ccnc(C(=O)N[C@@H]2CCO[C@H](c3cncn3C)C2)c1. The van der Waals surface area contributed by atoms with Crippen LogP contribution in [0.2, 0.25) is 0 Å². The van der Waals surface area contributed by atoms with Gasteiger partial charge in [0, 0.05) is 45.7 Å². The van der Waals surface area contributed by atoms with E-state index in [1.807, 2.05) is 42.9 Å². The maximum atomic E-state index is 12.5. The molecular formula is C17H23N5O2. The number of imidazole rings is 1. The Labute approximate surface area is 141 Å². The van der Waals surface area contributed by atoms with E-state index in [1.54, 1.807) is 18.6 Å². The molecule has 1 saturated heterocycles. The van der Waals surface area contributed by atoms with E-state index in [9.17, 15) is 4.79 Å². The second-order valence-corrected chi connectivity index (χ2v) is 6.28. The van der Waals surface area contributed by atoms with E-state index in [0.717, 1.165) is 24.2 Å². The summed E-state index contributed by atoms with van der Waals surface area (Å²) in [5.74, 6) is -0.144. The van der Waals surface area contributed by atoms with Gasteiger partial charge in [0.1, 0.15) is 11.8 Å². The Kier molecular flexibility index (Phi) is 4.80. The molecule has 0 spiro atoms. The van der Waals surface area contributed by atoms with Crippen LogP contribution in [-0.2, 0) is 11.8 Å². The first kappa shape index (κ1) is 16.4. The molecule has 0 aliphatic carbocycles. The van der Waals surface area contributed by atoms with Crippen LogP contribution in [0.15, 0.2) is 30.9 Å². The Morgan fingerprint density at radius 2 is 2.29 bits per heavy atom. The molecule has 2 atom stereocenters. The zero-order valence-corrected chi connectivity index (χ0v) is 14.3. The minimum Gasteiger partial charge on any atom is -0.378 e. The summed E-state index contributed by atoms with van der Waals surface area (Å²) < 4.78 is 7.79. The molecule has 0 radical (unpaired) electrons. The van der Waals surface area contributed by atoms with Gasteiger partial charge in [0.2, 0.25) is 0 Å². The fraction of sp³-hybridized carbons (Fsp3) is 0.471. The molecule has 7 nitrogen and oxygen atoms in total. The molecule has 3 rings (SSSR count). The van der Waals surface area contributed by atoms with Crippen molar-refractivity contribution in [3.05, 3.63) is 42.2 Å². The molecule has 0 bridgehead atoms. The van der Waals surface area contributed by atoms with Crippen molar-refractivity contribution in [2.24, 2.45) is 7.05 Å². The Morgan fingerprint density at radius 1 is 1.46 bits per heavy atom. The normalized spacial score (nSPS) is 20.6. The summed E-state index contributed by atoms with van der Waals surface area (Å²) in [5, 5.41) is 3.08. The minimum absolute atomic E-state index is 0.0439. The molecule has 1 fully saturated rings. The van der Waals surface area contributed by atoms with E-state index >= 15 is 0 Å². The van der Waals surface area contributed by atoms with E-state index in [-0.39, 0.29) is 18.1 Å². The first-order valence-electron chi connectivity index (χ1n) is 8.06. The molecule has 2 aromatic rings. The van der Waals surface area contributed by atoms with E-state index in [1.165, 1.54) is 0 Å². The lowest BCUT2D eigenvalue weighted by molar-refractivity contribution is -0.00305. The van der Waals surface area contributed by atoms with Crippen molar-refractivity contribution >= 4 is 11.6 Å². The van der Waals surface area contributed by atoms with E-state index in [0.29, 0.717) is 12.3 Å². The highest BCUT2D eigenvalue weighted by molar-refractivity contribution is 5.93. The average molecular weight is 329 g/mol. The quantitative estimate of drug-likeness (QED) is 0.921. The number of rotatable bonds is 4. The molecule has 7 heteroatoms. The number of carbonyl (C=O) groups is 1. The van der Waals surface area contributed by atoms with Crippen molar-refractivity contribution in [3.63, 3.8) is 0 Å². The van der Waals surface area contributed by atoms with Crippen LogP contribution in [0, 0.1) is 0 Å². The highest BCUT2D eigenvalue weighted by Crippen LogP contribution is 2.27. The Bertz CT molecular complexity index is 713. The predicted octanol–water partition coefficient (Wildman–Crippen LogP) is 1.53. The lowest BCUT2D eigenvalue weighted by Crippen LogP contribution is -2.40. The van der Waals surface area contributed by atoms with Gasteiger partial charge in [-0.3, -0.25) is 9.78 Å². The van der Waals surface area contributed by atoms with E-state index in [2.05, 4.69) is 15.3 Å². The van der Waals surface area contributed by atoms with Crippen LogP contribution in [0.5, 0.6) is 0 Å². The molecule has 3 heterocycles. The Morgan fingerprint density at radius 3 is 3.00 bits per heavy atom. The minimum atomic E-state index is -0.144. The second-order valence-electron chi connectivity index (χ2n) is 6.28. The number of nitrogens with one attached hydrogen (secondary N) is 1. The molecule has 2 aromatic heterocycles. The van der Waals surface area contributed by atoms with Gasteiger partial charge in [0.05, 0.1) is 18.2 Å². The van der Waals surface area contributed by atoms with Crippen molar-refractivity contribution in [3.8, 4) is 0 Å². The molecule has 24 heavy (non-hydrogen) atoms. The van der Waals surface area contributed by atoms with Crippen LogP contribution in [0.4, 0.5) is 5.69 Å². The van der Waals surface area contributed by atoms with Gasteiger partial charge in [-0.15, -0.1) is 0 Å². The summed E-state index contributed by atoms with van der Waals surface area (Å²) in [5.41, 5.74) is 2.42. The zero-order chi connectivity index (χ0) is 17.1. The molecule has 1 aliphatic heterocycles. The smallest absolute Gasteiger partial charge is 0.270 e. The summed E-state index contributed by atoms with van der Waals surface area (Å²) in [4.78, 5) is 22.8. The summed E-state index contributed by atoms with van der Waals surface area (Å²) in [6, 6.07) is 3.74. The number of ether oxygens (including phenoxy) is 1. The lowest BCUT2D eigenvalue weighted by Gasteiger charge is -2.30. The monoisotopic (exact) mass is 329 g/mol. The zero-order valence-electron chi connectivity index (χ0n) is 14.3. The van der Waals surface area contributed by atoms with Gasteiger partial charge in [-0.1, -0.05) is 0 Å². The van der Waals surface area contributed by atoms with Gasteiger partial charge in [-0.25, -0.2) is 4.98 Å². The summed E-state index contributed by atoms with van der Waals surface area (Å²) in [6.45, 7) is 0.617. The number of nitrogens with zero attached hydrogens (tertiary/aromatic N) is 4. The molecule has 0 aromatic carbocycles. The van der Waals surface area contributed by atoms with Crippen molar-refractivity contribution in [2.75, 3.05) is 25.6 Å². The number of carbonyl (C=O) groups excluding carboxylic acids is 1. The average Bonchev–Trinajstić information content (AvgIpc) is 3.01. The molecule has 1 aliphatic rings. The summed E-state index contributed by atoms with van der Waals surface area (Å²) in [7, 11) is 5.83. The van der Waals surface area contributed by atoms with E-state index in [4.69, 9.17) is 4.74 Å². The third-order valence-corrected chi connectivity index (χ3v) is 4.30. The van der Waals surface area contributed by atoms with Crippen molar-refractivity contribution in [1.29, 1.82) is 0 Å². The maximum Gasteiger partial charge on any atom is 0.270 e. The molecule has 0 unspecified atom stereocenters. The number of pyridine rings is 1. The fourth-order valence-corrected chi connectivity index (χ4v) is 2.89. The second kappa shape index (κ2) is 7.00. The van der Waals surface area contributed by atoms with Crippen molar-refractivity contribution in [2.45, 2.75) is 25.0 Å². The number of aryl methyl sites for hydroxylation is 1. The van der Waals surface area contributed by atoms with E-state index < -0.39 is 0 Å². The standard InChI is InChI=1S/C17H23N5O2/c1-21(2)13-4-6-19-14(9-13)17(23)20-12-5-7-24-16(8-12)15-10-18-11-22(15)3/h4,6,9-12,16H,5,7-8H2,1-3H3,(H,20,23)/t12-,16+/m1/s1. The van der Waals surface area contributed by atoms with Crippen LogP contribution in [0.1, 0.15) is 35.1 Å². The van der Waals surface area contributed by atoms with Gasteiger partial charge in [-0.2, -0.15) is 0 Å². The largest absolute Gasteiger partial charge is 0.378 e. The third kappa shape index (κ3) is 3.56. The first-order chi connectivity index (χ1) is 11.5. The van der Waals surface area contributed by atoms with Crippen molar-refractivity contribution in [1.82, 2.24) is 19.9 Å². The molecular weight excluding hydrogens is 306 g/mol. The fourth-order valence-electron chi connectivity index (χ4n) is 2.89. The number of amides is 1. The number of hydrogen-bond acceptors (Lipinski definition) is 5. The van der Waals surface area contributed by atoms with Gasteiger partial charge in [0.25, 0.3) is 5.91 Å². The van der Waals surface area contributed by atoms with Crippen LogP contribution >= 0.6 is 0 Å². The number of anilines is 1. The summed E-state index contributed by atoms with van der Waals surface area (Å²) >= 11 is 0. The highest BCUT2D eigenvalue weighted by Gasteiger charge is 2.27. The Balaban J connectivity index is 1.66. The lowest BCUT2D eigenvalue weighted by atomic mass is 10.0.